The number of nitrogens with zero attached hydrogens (tertiary/aromatic N) is 2. The molecule has 0 spiro atoms. The van der Waals surface area contributed by atoms with E-state index in [9.17, 15) is 9.18 Å². The molecule has 1 amide bonds. The molecule has 2 N–H and O–H groups in total. The maximum atomic E-state index is 13.4. The Hall–Kier alpha value is -2.25. The summed E-state index contributed by atoms with van der Waals surface area (Å²) in [6.45, 7) is 0.207. The van der Waals surface area contributed by atoms with Gasteiger partial charge in [-0.1, -0.05) is 0 Å². The van der Waals surface area contributed by atoms with Gasteiger partial charge in [0.2, 0.25) is 0 Å². The number of aromatic nitrogens is 2. The number of thiazole rings is 1. The fraction of sp³-hybridized carbons (Fsp3) is 0.143. The Morgan fingerprint density at radius 1 is 1.48 bits per heavy atom. The van der Waals surface area contributed by atoms with E-state index in [4.69, 9.17) is 5.11 Å². The number of anilines is 1. The van der Waals surface area contributed by atoms with E-state index in [0.29, 0.717) is 28.1 Å². The quantitative estimate of drug-likeness (QED) is 0.778. The Morgan fingerprint density at radius 2 is 2.33 bits per heavy atom. The zero-order valence-electron chi connectivity index (χ0n) is 10.9. The van der Waals surface area contributed by atoms with E-state index in [1.807, 2.05) is 0 Å². The lowest BCUT2D eigenvalue weighted by molar-refractivity contribution is 0.102. The summed E-state index contributed by atoms with van der Waals surface area (Å²) in [6, 6.07) is 4.23. The minimum Gasteiger partial charge on any atom is -0.395 e. The van der Waals surface area contributed by atoms with Gasteiger partial charge < -0.3 is 9.67 Å². The molecule has 2 heterocycles. The van der Waals surface area contributed by atoms with Gasteiger partial charge in [0.1, 0.15) is 5.82 Å². The van der Waals surface area contributed by atoms with Crippen molar-refractivity contribution in [3.63, 3.8) is 0 Å². The third-order valence-electron chi connectivity index (χ3n) is 3.08. The normalized spacial score (nSPS) is 11.0. The van der Waals surface area contributed by atoms with Crippen molar-refractivity contribution in [2.24, 2.45) is 0 Å². The van der Waals surface area contributed by atoms with Gasteiger partial charge in [0.25, 0.3) is 5.91 Å². The Balaban J connectivity index is 2.03. The molecule has 21 heavy (non-hydrogen) atoms. The van der Waals surface area contributed by atoms with Gasteiger partial charge in [-0.2, -0.15) is 0 Å². The number of halogens is 1. The number of benzene rings is 1. The van der Waals surface area contributed by atoms with E-state index in [2.05, 4.69) is 10.3 Å². The third kappa shape index (κ3) is 2.65. The topological polar surface area (TPSA) is 67.2 Å². The van der Waals surface area contributed by atoms with E-state index >= 15 is 0 Å². The summed E-state index contributed by atoms with van der Waals surface area (Å²) in [4.78, 5) is 16.3. The van der Waals surface area contributed by atoms with Crippen molar-refractivity contribution in [3.8, 4) is 0 Å². The molecule has 108 valence electrons. The highest BCUT2D eigenvalue weighted by Gasteiger charge is 2.16. The zero-order chi connectivity index (χ0) is 14.8. The maximum Gasteiger partial charge on any atom is 0.259 e. The molecule has 2 aromatic heterocycles. The van der Waals surface area contributed by atoms with Crippen LogP contribution in [-0.2, 0) is 6.54 Å². The average molecular weight is 305 g/mol. The van der Waals surface area contributed by atoms with Gasteiger partial charge in [0.15, 0.2) is 5.13 Å². The maximum absolute atomic E-state index is 13.4. The molecule has 0 saturated heterocycles. The second-order valence-electron chi connectivity index (χ2n) is 4.41. The van der Waals surface area contributed by atoms with Crippen molar-refractivity contribution < 1.29 is 14.3 Å². The summed E-state index contributed by atoms with van der Waals surface area (Å²) in [6.07, 6.45) is 3.22. The number of carbonyl (C=O) groups is 1. The molecule has 0 saturated carbocycles. The molecule has 0 bridgehead atoms. The van der Waals surface area contributed by atoms with Gasteiger partial charge in [-0.3, -0.25) is 10.1 Å². The van der Waals surface area contributed by atoms with Crippen LogP contribution in [0.2, 0.25) is 0 Å². The van der Waals surface area contributed by atoms with Crippen molar-refractivity contribution >= 4 is 33.3 Å². The van der Waals surface area contributed by atoms with Crippen LogP contribution in [0.15, 0.2) is 36.0 Å². The molecule has 0 aliphatic carbocycles. The molecular weight excluding hydrogens is 293 g/mol. The molecule has 7 heteroatoms. The predicted molar refractivity (Wildman–Crippen MR) is 79.0 cm³/mol. The molecule has 0 atom stereocenters. The van der Waals surface area contributed by atoms with Gasteiger partial charge in [-0.25, -0.2) is 9.37 Å². The first kappa shape index (κ1) is 13.7. The number of aliphatic hydroxyl groups excluding tert-OH is 1. The molecule has 3 rings (SSSR count). The number of amides is 1. The Morgan fingerprint density at radius 3 is 3.05 bits per heavy atom. The smallest absolute Gasteiger partial charge is 0.259 e. The summed E-state index contributed by atoms with van der Waals surface area (Å²) in [5, 5.41) is 14.7. The Labute approximate surface area is 123 Å². The van der Waals surface area contributed by atoms with Crippen LogP contribution in [0, 0.1) is 5.82 Å². The van der Waals surface area contributed by atoms with Crippen LogP contribution in [0.4, 0.5) is 9.52 Å². The monoisotopic (exact) mass is 305 g/mol. The summed E-state index contributed by atoms with van der Waals surface area (Å²) >= 11 is 1.32. The van der Waals surface area contributed by atoms with Crippen molar-refractivity contribution in [1.82, 2.24) is 9.55 Å². The third-order valence-corrected chi connectivity index (χ3v) is 3.77. The standard InChI is InChI=1S/C14H12FN3O2S/c15-9-1-2-10-11(8-18(4-5-19)12(10)7-9)13(20)17-14-16-3-6-21-14/h1-3,6-8,19H,4-5H2,(H,16,17,20). The predicted octanol–water partition coefficient (Wildman–Crippen LogP) is 2.48. The van der Waals surface area contributed by atoms with Crippen molar-refractivity contribution in [2.75, 3.05) is 11.9 Å². The molecule has 0 aliphatic rings. The highest BCUT2D eigenvalue weighted by Crippen LogP contribution is 2.24. The summed E-state index contributed by atoms with van der Waals surface area (Å²) < 4.78 is 15.0. The number of aliphatic hydroxyl groups is 1. The molecule has 3 aromatic rings. The van der Waals surface area contributed by atoms with Crippen LogP contribution in [-0.4, -0.2) is 27.2 Å². The summed E-state index contributed by atoms with van der Waals surface area (Å²) in [7, 11) is 0. The van der Waals surface area contributed by atoms with Crippen molar-refractivity contribution in [1.29, 1.82) is 0 Å². The molecule has 0 aliphatic heterocycles. The lowest BCUT2D eigenvalue weighted by Gasteiger charge is -2.01. The van der Waals surface area contributed by atoms with Crippen LogP contribution in [0.3, 0.4) is 0 Å². The lowest BCUT2D eigenvalue weighted by atomic mass is 10.1. The first-order valence-electron chi connectivity index (χ1n) is 6.29. The van der Waals surface area contributed by atoms with Crippen LogP contribution >= 0.6 is 11.3 Å². The van der Waals surface area contributed by atoms with E-state index in [1.54, 1.807) is 28.4 Å². The van der Waals surface area contributed by atoms with Crippen LogP contribution < -0.4 is 5.32 Å². The van der Waals surface area contributed by atoms with E-state index in [0.717, 1.165) is 0 Å². The minimum atomic E-state index is -0.383. The lowest BCUT2D eigenvalue weighted by Crippen LogP contribution is -2.11. The molecule has 5 nitrogen and oxygen atoms in total. The molecule has 0 radical (unpaired) electrons. The van der Waals surface area contributed by atoms with Gasteiger partial charge in [0.05, 0.1) is 17.7 Å². The first-order chi connectivity index (χ1) is 10.2. The minimum absolute atomic E-state index is 0.0895. The Kier molecular flexibility index (Phi) is 3.68. The van der Waals surface area contributed by atoms with E-state index < -0.39 is 0 Å². The zero-order valence-corrected chi connectivity index (χ0v) is 11.7. The van der Waals surface area contributed by atoms with Crippen LogP contribution in [0.1, 0.15) is 10.4 Å². The van der Waals surface area contributed by atoms with Gasteiger partial charge in [-0.15, -0.1) is 11.3 Å². The van der Waals surface area contributed by atoms with Crippen molar-refractivity contribution in [3.05, 3.63) is 47.4 Å². The number of fused-ring (bicyclic) bond motifs is 1. The largest absolute Gasteiger partial charge is 0.395 e. The van der Waals surface area contributed by atoms with Gasteiger partial charge in [-0.05, 0) is 18.2 Å². The Bertz CT molecular complexity index is 783. The fourth-order valence-corrected chi connectivity index (χ4v) is 2.71. The molecule has 0 unspecified atom stereocenters. The number of hydrogen-bond donors (Lipinski definition) is 2. The average Bonchev–Trinajstić information content (AvgIpc) is 3.07. The number of nitrogens with one attached hydrogen (secondary N) is 1. The number of hydrogen-bond acceptors (Lipinski definition) is 4. The van der Waals surface area contributed by atoms with Gasteiger partial charge in [0, 0.05) is 29.7 Å². The highest BCUT2D eigenvalue weighted by molar-refractivity contribution is 7.13. The van der Waals surface area contributed by atoms with E-state index in [-0.39, 0.29) is 18.3 Å². The highest BCUT2D eigenvalue weighted by atomic mass is 32.1. The first-order valence-corrected chi connectivity index (χ1v) is 7.17. The van der Waals surface area contributed by atoms with Crippen LogP contribution in [0.25, 0.3) is 10.9 Å². The van der Waals surface area contributed by atoms with E-state index in [1.165, 1.54) is 23.5 Å². The number of rotatable bonds is 4. The SMILES string of the molecule is O=C(Nc1nccs1)c1cn(CCO)c2cc(F)ccc12. The summed E-state index contributed by atoms with van der Waals surface area (Å²) in [5.74, 6) is -0.690. The summed E-state index contributed by atoms with van der Waals surface area (Å²) in [5.41, 5.74) is 1.00. The second kappa shape index (κ2) is 5.63. The molecular formula is C14H12FN3O2S. The second-order valence-corrected chi connectivity index (χ2v) is 5.31. The van der Waals surface area contributed by atoms with Gasteiger partial charge >= 0.3 is 0 Å². The fourth-order valence-electron chi connectivity index (χ4n) is 2.19. The molecule has 0 fully saturated rings. The number of carbonyl (C=O) groups excluding carboxylic acids is 1. The van der Waals surface area contributed by atoms with Crippen LogP contribution in [0.5, 0.6) is 0 Å². The van der Waals surface area contributed by atoms with Crippen molar-refractivity contribution in [2.45, 2.75) is 6.54 Å². The molecule has 1 aromatic carbocycles.